The molecule has 0 bridgehead atoms. The predicted molar refractivity (Wildman–Crippen MR) is 134 cm³/mol. The van der Waals surface area contributed by atoms with Crippen molar-refractivity contribution in [2.75, 3.05) is 33.4 Å². The molecule has 1 aliphatic heterocycles. The predicted octanol–water partition coefficient (Wildman–Crippen LogP) is 3.67. The van der Waals surface area contributed by atoms with Crippen molar-refractivity contribution < 1.29 is 9.53 Å². The molecule has 0 radical (unpaired) electrons. The Kier molecular flexibility index (Phi) is 6.19. The van der Waals surface area contributed by atoms with Gasteiger partial charge in [0.1, 0.15) is 5.69 Å². The molecule has 2 unspecified atom stereocenters. The van der Waals surface area contributed by atoms with Crippen molar-refractivity contribution in [3.05, 3.63) is 34.7 Å². The van der Waals surface area contributed by atoms with Gasteiger partial charge in [0.05, 0.1) is 31.0 Å². The minimum atomic E-state index is -0.109. The van der Waals surface area contributed by atoms with E-state index in [0.29, 0.717) is 18.6 Å². The van der Waals surface area contributed by atoms with E-state index >= 15 is 0 Å². The highest BCUT2D eigenvalue weighted by atomic mass is 16.5. The van der Waals surface area contributed by atoms with Crippen LogP contribution in [-0.4, -0.2) is 76.3 Å². The Hall–Kier alpha value is -2.38. The SMILES string of the molecule is CC(C)C(C(=O)N(C)C1C=Cc2cc(-c3n[nH]c4c3CCC(C)(C)C4)[nH]c2C1)N1CCOCC1. The minimum Gasteiger partial charge on any atom is -0.379 e. The maximum Gasteiger partial charge on any atom is 0.240 e. The zero-order chi connectivity index (χ0) is 24.0. The lowest BCUT2D eigenvalue weighted by Crippen LogP contribution is -2.55. The van der Waals surface area contributed by atoms with E-state index in [1.165, 1.54) is 28.9 Å². The van der Waals surface area contributed by atoms with Gasteiger partial charge < -0.3 is 14.6 Å². The summed E-state index contributed by atoms with van der Waals surface area (Å²) in [6.45, 7) is 12.0. The number of hydrogen-bond donors (Lipinski definition) is 2. The van der Waals surface area contributed by atoms with Gasteiger partial charge in [-0.1, -0.05) is 39.8 Å². The van der Waals surface area contributed by atoms with E-state index in [9.17, 15) is 4.79 Å². The highest BCUT2D eigenvalue weighted by molar-refractivity contribution is 5.83. The third-order valence-corrected chi connectivity index (χ3v) is 7.93. The van der Waals surface area contributed by atoms with Gasteiger partial charge in [0.2, 0.25) is 5.91 Å². The number of amides is 1. The fourth-order valence-electron chi connectivity index (χ4n) is 5.88. The first-order chi connectivity index (χ1) is 16.2. The number of hydrogen-bond acceptors (Lipinski definition) is 4. The van der Waals surface area contributed by atoms with Gasteiger partial charge in [-0.2, -0.15) is 5.10 Å². The Morgan fingerprint density at radius 3 is 2.76 bits per heavy atom. The van der Waals surface area contributed by atoms with Crippen LogP contribution in [0.25, 0.3) is 17.5 Å². The number of aromatic amines is 2. The number of aromatic nitrogens is 3. The topological polar surface area (TPSA) is 77.2 Å². The first kappa shape index (κ1) is 23.4. The number of ether oxygens (including phenoxy) is 1. The van der Waals surface area contributed by atoms with E-state index in [1.807, 2.05) is 11.9 Å². The smallest absolute Gasteiger partial charge is 0.240 e. The van der Waals surface area contributed by atoms with Gasteiger partial charge in [-0.3, -0.25) is 14.8 Å². The maximum atomic E-state index is 13.6. The third-order valence-electron chi connectivity index (χ3n) is 7.93. The molecule has 1 saturated heterocycles. The average Bonchev–Trinajstić information content (AvgIpc) is 3.41. The van der Waals surface area contributed by atoms with Crippen LogP contribution in [0.3, 0.4) is 0 Å². The molecule has 3 heterocycles. The van der Waals surface area contributed by atoms with Gasteiger partial charge in [0, 0.05) is 43.5 Å². The molecule has 0 saturated carbocycles. The van der Waals surface area contributed by atoms with Crippen LogP contribution < -0.4 is 0 Å². The normalized spacial score (nSPS) is 22.9. The van der Waals surface area contributed by atoms with E-state index in [1.54, 1.807) is 0 Å². The molecule has 1 amide bonds. The largest absolute Gasteiger partial charge is 0.379 e. The molecular weight excluding hydrogens is 426 g/mol. The Labute approximate surface area is 202 Å². The van der Waals surface area contributed by atoms with E-state index in [-0.39, 0.29) is 23.9 Å². The van der Waals surface area contributed by atoms with E-state index < -0.39 is 0 Å². The van der Waals surface area contributed by atoms with Crippen molar-refractivity contribution in [1.82, 2.24) is 25.0 Å². The van der Waals surface area contributed by atoms with E-state index in [4.69, 9.17) is 9.84 Å². The van der Waals surface area contributed by atoms with Crippen molar-refractivity contribution in [2.45, 2.75) is 65.5 Å². The number of nitrogens with one attached hydrogen (secondary N) is 2. The number of likely N-dealkylation sites (N-methyl/N-ethyl adjacent to an activating group) is 1. The highest BCUT2D eigenvalue weighted by Gasteiger charge is 2.35. The summed E-state index contributed by atoms with van der Waals surface area (Å²) in [6, 6.07) is 2.15. The van der Waals surface area contributed by atoms with Gasteiger partial charge in [-0.05, 0) is 42.2 Å². The van der Waals surface area contributed by atoms with Crippen LogP contribution in [0.5, 0.6) is 0 Å². The summed E-state index contributed by atoms with van der Waals surface area (Å²) in [7, 11) is 1.95. The monoisotopic (exact) mass is 465 g/mol. The lowest BCUT2D eigenvalue weighted by atomic mass is 9.76. The average molecular weight is 466 g/mol. The summed E-state index contributed by atoms with van der Waals surface area (Å²) in [4.78, 5) is 21.5. The molecule has 5 rings (SSSR count). The number of H-pyrrole nitrogens is 2. The highest BCUT2D eigenvalue weighted by Crippen LogP contribution is 2.38. The van der Waals surface area contributed by atoms with Crippen LogP contribution >= 0.6 is 0 Å². The zero-order valence-electron chi connectivity index (χ0n) is 21.3. The van der Waals surface area contributed by atoms with Crippen LogP contribution in [0.15, 0.2) is 12.1 Å². The lowest BCUT2D eigenvalue weighted by Gasteiger charge is -2.39. The molecular formula is C27H39N5O2. The second kappa shape index (κ2) is 9.00. The minimum absolute atomic E-state index is 0.0442. The summed E-state index contributed by atoms with van der Waals surface area (Å²) in [5, 5.41) is 8.00. The van der Waals surface area contributed by atoms with Crippen molar-refractivity contribution in [1.29, 1.82) is 0 Å². The van der Waals surface area contributed by atoms with Gasteiger partial charge in [-0.25, -0.2) is 0 Å². The van der Waals surface area contributed by atoms with Gasteiger partial charge in [0.25, 0.3) is 0 Å². The first-order valence-electron chi connectivity index (χ1n) is 12.8. The molecule has 2 aromatic heterocycles. The number of morpholine rings is 1. The van der Waals surface area contributed by atoms with Crippen molar-refractivity contribution in [3.8, 4) is 11.4 Å². The summed E-state index contributed by atoms with van der Waals surface area (Å²) in [5.74, 6) is 0.454. The Morgan fingerprint density at radius 1 is 1.26 bits per heavy atom. The molecule has 184 valence electrons. The Bertz CT molecular complexity index is 1070. The fourth-order valence-corrected chi connectivity index (χ4v) is 5.88. The van der Waals surface area contributed by atoms with Crippen LogP contribution in [0.4, 0.5) is 0 Å². The molecule has 3 aliphatic rings. The van der Waals surface area contributed by atoms with Crippen LogP contribution in [0, 0.1) is 11.3 Å². The quantitative estimate of drug-likeness (QED) is 0.706. The second-order valence-corrected chi connectivity index (χ2v) is 11.4. The van der Waals surface area contributed by atoms with Crippen molar-refractivity contribution in [3.63, 3.8) is 0 Å². The molecule has 2 atom stereocenters. The number of fused-ring (bicyclic) bond motifs is 2. The van der Waals surface area contributed by atoms with E-state index in [2.05, 4.69) is 60.9 Å². The van der Waals surface area contributed by atoms with Crippen LogP contribution in [0.1, 0.15) is 56.6 Å². The molecule has 1 fully saturated rings. The standard InChI is InChI=1S/C27H39N5O2/c1-17(2)25(32-10-12-34-13-11-32)26(33)31(5)19-7-6-18-14-22(28-21(18)15-19)24-20-8-9-27(3,4)16-23(20)29-30-24/h6-7,14,17,19,25,28H,8-13,15-16H2,1-5H3,(H,29,30). The van der Waals surface area contributed by atoms with E-state index in [0.717, 1.165) is 43.7 Å². The van der Waals surface area contributed by atoms with Crippen molar-refractivity contribution >= 4 is 12.0 Å². The summed E-state index contributed by atoms with van der Waals surface area (Å²) in [5.41, 5.74) is 7.48. The summed E-state index contributed by atoms with van der Waals surface area (Å²) in [6.07, 6.45) is 8.42. The molecule has 7 heteroatoms. The van der Waals surface area contributed by atoms with Crippen molar-refractivity contribution in [2.24, 2.45) is 11.3 Å². The molecule has 2 aliphatic carbocycles. The molecule has 0 aromatic carbocycles. The van der Waals surface area contributed by atoms with Gasteiger partial charge in [0.15, 0.2) is 0 Å². The number of rotatable bonds is 5. The fraction of sp³-hybridized carbons (Fsp3) is 0.630. The number of nitrogens with zero attached hydrogens (tertiary/aromatic N) is 3. The van der Waals surface area contributed by atoms with Gasteiger partial charge in [-0.15, -0.1) is 0 Å². The third kappa shape index (κ3) is 4.36. The molecule has 34 heavy (non-hydrogen) atoms. The van der Waals surface area contributed by atoms with Crippen LogP contribution in [0.2, 0.25) is 0 Å². The summed E-state index contributed by atoms with van der Waals surface area (Å²) < 4.78 is 5.51. The molecule has 0 spiro atoms. The number of carbonyl (C=O) groups excluding carboxylic acids is 1. The Balaban J connectivity index is 1.32. The number of carbonyl (C=O) groups is 1. The Morgan fingerprint density at radius 2 is 2.03 bits per heavy atom. The first-order valence-corrected chi connectivity index (χ1v) is 12.8. The lowest BCUT2D eigenvalue weighted by molar-refractivity contribution is -0.140. The zero-order valence-corrected chi connectivity index (χ0v) is 21.3. The van der Waals surface area contributed by atoms with Crippen LogP contribution in [-0.2, 0) is 28.8 Å². The molecule has 7 nitrogen and oxygen atoms in total. The van der Waals surface area contributed by atoms with Gasteiger partial charge >= 0.3 is 0 Å². The summed E-state index contributed by atoms with van der Waals surface area (Å²) >= 11 is 0. The second-order valence-electron chi connectivity index (χ2n) is 11.4. The molecule has 2 N–H and O–H groups in total. The molecule has 2 aromatic rings. The maximum absolute atomic E-state index is 13.6.